The number of aryl methyl sites for hydroxylation is 3. The third-order valence-electron chi connectivity index (χ3n) is 4.33. The molecule has 2 N–H and O–H groups in total. The molecule has 0 heterocycles. The molecule has 0 saturated heterocycles. The molecule has 0 spiro atoms. The Balaban J connectivity index is 1.75. The van der Waals surface area contributed by atoms with Crippen LogP contribution in [0.1, 0.15) is 42.0 Å². The van der Waals surface area contributed by atoms with Crippen LogP contribution in [-0.2, 0) is 9.59 Å². The second-order valence-corrected chi connectivity index (χ2v) is 7.07. The lowest BCUT2D eigenvalue weighted by Gasteiger charge is -2.13. The maximum atomic E-state index is 11.9. The van der Waals surface area contributed by atoms with Gasteiger partial charge in [0.2, 0.25) is 0 Å². The van der Waals surface area contributed by atoms with Gasteiger partial charge in [0.25, 0.3) is 11.8 Å². The predicted octanol–water partition coefficient (Wildman–Crippen LogP) is 3.34. The van der Waals surface area contributed by atoms with E-state index in [1.54, 1.807) is 0 Å². The van der Waals surface area contributed by atoms with Crippen molar-refractivity contribution < 1.29 is 19.1 Å². The van der Waals surface area contributed by atoms with Gasteiger partial charge in [-0.05, 0) is 61.1 Å². The highest BCUT2D eigenvalue weighted by molar-refractivity contribution is 5.83. The molecule has 2 aromatic rings. The number of nitrogens with one attached hydrogen (secondary N) is 2. The fraction of sp³-hybridized carbons (Fsp3) is 0.364. The van der Waals surface area contributed by atoms with Gasteiger partial charge >= 0.3 is 0 Å². The molecule has 0 aliphatic heterocycles. The third kappa shape index (κ3) is 6.01. The van der Waals surface area contributed by atoms with Crippen LogP contribution < -0.4 is 20.3 Å². The Morgan fingerprint density at radius 3 is 1.96 bits per heavy atom. The molecule has 28 heavy (non-hydrogen) atoms. The number of para-hydroxylation sites is 1. The number of carbonyl (C=O) groups excluding carboxylic acids is 2. The van der Waals surface area contributed by atoms with Crippen LogP contribution in [0, 0.1) is 20.8 Å². The number of hydrogen-bond donors (Lipinski definition) is 2. The molecule has 150 valence electrons. The maximum Gasteiger partial charge on any atom is 0.276 e. The normalized spacial score (nSPS) is 10.5. The quantitative estimate of drug-likeness (QED) is 0.718. The molecular formula is C22H28N2O4. The molecule has 0 aliphatic carbocycles. The second-order valence-electron chi connectivity index (χ2n) is 7.07. The van der Waals surface area contributed by atoms with Crippen molar-refractivity contribution in [3.63, 3.8) is 0 Å². The van der Waals surface area contributed by atoms with Crippen LogP contribution in [0.2, 0.25) is 0 Å². The summed E-state index contributed by atoms with van der Waals surface area (Å²) in [7, 11) is 0. The van der Waals surface area contributed by atoms with E-state index in [9.17, 15) is 9.59 Å². The second kappa shape index (κ2) is 9.78. The Labute approximate surface area is 166 Å². The van der Waals surface area contributed by atoms with Crippen LogP contribution in [0.15, 0.2) is 36.4 Å². The van der Waals surface area contributed by atoms with Gasteiger partial charge in [0.05, 0.1) is 0 Å². The lowest BCUT2D eigenvalue weighted by atomic mass is 9.98. The standard InChI is InChI=1S/C22H28N2O4/c1-14(2)19-10-9-18(11-17(19)5)27-12-20(25)23-24-21(26)13-28-22-15(3)7-6-8-16(22)4/h6-11,14H,12-13H2,1-5H3,(H,23,25)(H,24,26). The predicted molar refractivity (Wildman–Crippen MR) is 108 cm³/mol. The molecule has 0 saturated carbocycles. The molecule has 2 rings (SSSR count). The van der Waals surface area contributed by atoms with Crippen molar-refractivity contribution in [1.82, 2.24) is 10.9 Å². The Kier molecular flexibility index (Phi) is 7.44. The van der Waals surface area contributed by atoms with Gasteiger partial charge in [-0.3, -0.25) is 20.4 Å². The summed E-state index contributed by atoms with van der Waals surface area (Å²) in [4.78, 5) is 23.7. The van der Waals surface area contributed by atoms with Crippen LogP contribution in [0.25, 0.3) is 0 Å². The lowest BCUT2D eigenvalue weighted by Crippen LogP contribution is -2.45. The van der Waals surface area contributed by atoms with Gasteiger partial charge in [-0.1, -0.05) is 38.1 Å². The van der Waals surface area contributed by atoms with Crippen molar-refractivity contribution in [2.75, 3.05) is 13.2 Å². The van der Waals surface area contributed by atoms with Gasteiger partial charge in [-0.15, -0.1) is 0 Å². The topological polar surface area (TPSA) is 76.7 Å². The van der Waals surface area contributed by atoms with E-state index in [-0.39, 0.29) is 13.2 Å². The molecule has 0 aliphatic rings. The van der Waals surface area contributed by atoms with Crippen molar-refractivity contribution >= 4 is 11.8 Å². The van der Waals surface area contributed by atoms with Gasteiger partial charge in [0.15, 0.2) is 13.2 Å². The van der Waals surface area contributed by atoms with Gasteiger partial charge < -0.3 is 9.47 Å². The summed E-state index contributed by atoms with van der Waals surface area (Å²) in [5, 5.41) is 0. The first kappa shape index (κ1) is 21.3. The summed E-state index contributed by atoms with van der Waals surface area (Å²) in [6, 6.07) is 11.5. The zero-order valence-electron chi connectivity index (χ0n) is 17.1. The van der Waals surface area contributed by atoms with Crippen LogP contribution in [0.5, 0.6) is 11.5 Å². The van der Waals surface area contributed by atoms with E-state index in [0.717, 1.165) is 16.7 Å². The summed E-state index contributed by atoms with van der Waals surface area (Å²) in [5.41, 5.74) is 8.89. The molecule has 6 heteroatoms. The molecule has 2 aromatic carbocycles. The van der Waals surface area contributed by atoms with Gasteiger partial charge in [-0.2, -0.15) is 0 Å². The highest BCUT2D eigenvalue weighted by atomic mass is 16.5. The van der Waals surface area contributed by atoms with Crippen LogP contribution in [0.4, 0.5) is 0 Å². The first-order valence-corrected chi connectivity index (χ1v) is 9.28. The Morgan fingerprint density at radius 2 is 1.43 bits per heavy atom. The van der Waals surface area contributed by atoms with Crippen LogP contribution in [0.3, 0.4) is 0 Å². The van der Waals surface area contributed by atoms with E-state index in [2.05, 4.69) is 24.7 Å². The minimum Gasteiger partial charge on any atom is -0.484 e. The SMILES string of the molecule is Cc1cc(OCC(=O)NNC(=O)COc2c(C)cccc2C)ccc1C(C)C. The number of rotatable bonds is 7. The lowest BCUT2D eigenvalue weighted by molar-refractivity contribution is -0.131. The van der Waals surface area contributed by atoms with Crippen LogP contribution in [-0.4, -0.2) is 25.0 Å². The molecule has 0 aromatic heterocycles. The zero-order valence-corrected chi connectivity index (χ0v) is 17.1. The minimum absolute atomic E-state index is 0.192. The number of hydrogen-bond acceptors (Lipinski definition) is 4. The van der Waals surface area contributed by atoms with Gasteiger partial charge in [0, 0.05) is 0 Å². The zero-order chi connectivity index (χ0) is 20.7. The minimum atomic E-state index is -0.453. The highest BCUT2D eigenvalue weighted by Crippen LogP contribution is 2.23. The molecule has 0 radical (unpaired) electrons. The smallest absolute Gasteiger partial charge is 0.276 e. The van der Waals surface area contributed by atoms with Crippen molar-refractivity contribution in [2.24, 2.45) is 0 Å². The third-order valence-corrected chi connectivity index (χ3v) is 4.33. The van der Waals surface area contributed by atoms with Crippen molar-refractivity contribution in [2.45, 2.75) is 40.5 Å². The number of hydrazine groups is 1. The van der Waals surface area contributed by atoms with Crippen LogP contribution >= 0.6 is 0 Å². The summed E-state index contributed by atoms with van der Waals surface area (Å²) >= 11 is 0. The molecular weight excluding hydrogens is 356 g/mol. The average Bonchev–Trinajstić information content (AvgIpc) is 2.64. The van der Waals surface area contributed by atoms with Gasteiger partial charge in [-0.25, -0.2) is 0 Å². The fourth-order valence-electron chi connectivity index (χ4n) is 2.91. The van der Waals surface area contributed by atoms with Crippen molar-refractivity contribution in [3.05, 3.63) is 58.7 Å². The molecule has 2 amide bonds. The summed E-state index contributed by atoms with van der Waals surface area (Å²) in [6.07, 6.45) is 0. The number of carbonyl (C=O) groups is 2. The molecule has 0 unspecified atom stereocenters. The Bertz CT molecular complexity index is 826. The summed E-state index contributed by atoms with van der Waals surface area (Å²) in [5.74, 6) is 0.812. The van der Waals surface area contributed by atoms with Crippen molar-refractivity contribution in [3.8, 4) is 11.5 Å². The van der Waals surface area contributed by atoms with E-state index in [4.69, 9.17) is 9.47 Å². The fourth-order valence-corrected chi connectivity index (χ4v) is 2.91. The van der Waals surface area contributed by atoms with E-state index in [1.165, 1.54) is 5.56 Å². The monoisotopic (exact) mass is 384 g/mol. The maximum absolute atomic E-state index is 11.9. The Hall–Kier alpha value is -3.02. The van der Waals surface area contributed by atoms with Gasteiger partial charge in [0.1, 0.15) is 11.5 Å². The van der Waals surface area contributed by atoms with E-state index < -0.39 is 11.8 Å². The number of benzene rings is 2. The largest absolute Gasteiger partial charge is 0.484 e. The average molecular weight is 384 g/mol. The summed E-state index contributed by atoms with van der Waals surface area (Å²) < 4.78 is 11.0. The summed E-state index contributed by atoms with van der Waals surface area (Å²) in [6.45, 7) is 9.70. The Morgan fingerprint density at radius 1 is 0.857 bits per heavy atom. The molecule has 0 fully saturated rings. The molecule has 6 nitrogen and oxygen atoms in total. The highest BCUT2D eigenvalue weighted by Gasteiger charge is 2.10. The number of amides is 2. The molecule has 0 atom stereocenters. The first-order valence-electron chi connectivity index (χ1n) is 9.28. The first-order chi connectivity index (χ1) is 13.3. The van der Waals surface area contributed by atoms with E-state index >= 15 is 0 Å². The van der Waals surface area contributed by atoms with E-state index in [0.29, 0.717) is 17.4 Å². The number of ether oxygens (including phenoxy) is 2. The molecule has 0 bridgehead atoms. The van der Waals surface area contributed by atoms with Crippen molar-refractivity contribution in [1.29, 1.82) is 0 Å². The van der Waals surface area contributed by atoms with E-state index in [1.807, 2.05) is 57.2 Å².